The number of carbonyl (C=O) groups excluding carboxylic acids is 1. The van der Waals surface area contributed by atoms with E-state index in [-0.39, 0.29) is 22.8 Å². The summed E-state index contributed by atoms with van der Waals surface area (Å²) in [6.45, 7) is 1.72. The van der Waals surface area contributed by atoms with Crippen LogP contribution in [0.1, 0.15) is 13.3 Å². The molecule has 0 amide bonds. The molecular weight excluding hydrogens is 160 g/mol. The molecule has 0 fully saturated rings. The van der Waals surface area contributed by atoms with Gasteiger partial charge < -0.3 is 0 Å². The Morgan fingerprint density at radius 2 is 2.00 bits per heavy atom. The summed E-state index contributed by atoms with van der Waals surface area (Å²) in [5.74, 6) is 0. The molecule has 0 aromatic carbocycles. The first kappa shape index (κ1) is 9.71. The first-order valence-corrected chi connectivity index (χ1v) is 1.83. The number of hydrogen-bond acceptors (Lipinski definition) is 1. The van der Waals surface area contributed by atoms with Gasteiger partial charge in [0.25, 0.3) is 0 Å². The molecule has 0 aliphatic heterocycles. The fourth-order valence-electron chi connectivity index (χ4n) is 0. The van der Waals surface area contributed by atoms with Gasteiger partial charge in [-0.3, -0.25) is 4.79 Å². The van der Waals surface area contributed by atoms with Crippen molar-refractivity contribution in [3.63, 3.8) is 0 Å². The Bertz CT molecular complexity index is 46.1. The minimum absolute atomic E-state index is 0. The topological polar surface area (TPSA) is 17.1 Å². The Morgan fingerprint density at radius 1 is 1.83 bits per heavy atom. The predicted molar refractivity (Wildman–Crippen MR) is 32.5 cm³/mol. The van der Waals surface area contributed by atoms with Gasteiger partial charge in [-0.15, -0.1) is 0 Å². The molecular formula is C3H9ClGeO. The molecule has 0 atom stereocenters. The summed E-state index contributed by atoms with van der Waals surface area (Å²) < 4.78 is 0. The molecule has 0 aliphatic rings. The van der Waals surface area contributed by atoms with Crippen molar-refractivity contribution >= 4 is 34.4 Å². The molecule has 0 unspecified atom stereocenters. The molecule has 0 aromatic heterocycles. The second kappa shape index (κ2) is 5.50. The van der Waals surface area contributed by atoms with Crippen LogP contribution in [-0.2, 0) is 4.79 Å². The summed E-state index contributed by atoms with van der Waals surface area (Å²) in [5, 5.41) is -0.273. The average Bonchev–Trinajstić information content (AvgIpc) is 1.38. The maximum atomic E-state index is 9.58. The van der Waals surface area contributed by atoms with E-state index in [2.05, 4.69) is 0 Å². The van der Waals surface area contributed by atoms with E-state index in [4.69, 9.17) is 11.6 Å². The molecule has 0 aliphatic carbocycles. The van der Waals surface area contributed by atoms with Crippen molar-refractivity contribution in [1.29, 1.82) is 0 Å². The molecule has 0 heterocycles. The molecule has 0 rings (SSSR count). The minimum atomic E-state index is -0.273. The van der Waals surface area contributed by atoms with Gasteiger partial charge in [-0.25, -0.2) is 0 Å². The zero-order valence-corrected chi connectivity index (χ0v) is 3.75. The van der Waals surface area contributed by atoms with Crippen molar-refractivity contribution in [2.45, 2.75) is 13.3 Å². The second-order valence-corrected chi connectivity index (χ2v) is 1.13. The van der Waals surface area contributed by atoms with Crippen molar-refractivity contribution in [3.05, 3.63) is 0 Å². The van der Waals surface area contributed by atoms with Gasteiger partial charge in [0, 0.05) is 6.42 Å². The van der Waals surface area contributed by atoms with Crippen molar-refractivity contribution in [1.82, 2.24) is 0 Å². The van der Waals surface area contributed by atoms with E-state index in [0.717, 1.165) is 0 Å². The van der Waals surface area contributed by atoms with Crippen LogP contribution in [0.3, 0.4) is 0 Å². The molecule has 1 nitrogen and oxygen atoms in total. The summed E-state index contributed by atoms with van der Waals surface area (Å²) in [5.41, 5.74) is 0. The number of hydrogen-bond donors (Lipinski definition) is 0. The molecule has 0 bridgehead atoms. The molecule has 6 heavy (non-hydrogen) atoms. The summed E-state index contributed by atoms with van der Waals surface area (Å²) in [7, 11) is 0. The molecule has 0 saturated heterocycles. The zero-order chi connectivity index (χ0) is 4.28. The SMILES string of the molecule is CCC(=O)Cl.[GeH4]. The molecule has 3 heteroatoms. The first-order chi connectivity index (χ1) is 2.27. The van der Waals surface area contributed by atoms with Crippen LogP contribution in [0.15, 0.2) is 0 Å². The third-order valence-corrected chi connectivity index (χ3v) is 0.545. The summed E-state index contributed by atoms with van der Waals surface area (Å²) in [6.07, 6.45) is 0.432. The standard InChI is InChI=1S/C3H5ClO.GeH4/c1-2-3(4)5;/h2H2,1H3;1H4. The van der Waals surface area contributed by atoms with E-state index in [1.165, 1.54) is 0 Å². The molecule has 0 N–H and O–H groups in total. The molecule has 0 saturated carbocycles. The monoisotopic (exact) mass is 170 g/mol. The van der Waals surface area contributed by atoms with Gasteiger partial charge in [-0.1, -0.05) is 6.92 Å². The van der Waals surface area contributed by atoms with Gasteiger partial charge in [0.2, 0.25) is 5.24 Å². The van der Waals surface area contributed by atoms with Gasteiger partial charge in [0.1, 0.15) is 0 Å². The van der Waals surface area contributed by atoms with E-state index in [0.29, 0.717) is 6.42 Å². The van der Waals surface area contributed by atoms with E-state index < -0.39 is 0 Å². The van der Waals surface area contributed by atoms with Gasteiger partial charge in [-0.2, -0.15) is 0 Å². The van der Waals surface area contributed by atoms with Crippen LogP contribution in [0.4, 0.5) is 0 Å². The molecule has 0 radical (unpaired) electrons. The molecule has 38 valence electrons. The maximum absolute atomic E-state index is 9.58. The Kier molecular flexibility index (Phi) is 8.91. The fraction of sp³-hybridized carbons (Fsp3) is 0.667. The van der Waals surface area contributed by atoms with Gasteiger partial charge >= 0.3 is 17.6 Å². The first-order valence-electron chi connectivity index (χ1n) is 1.45. The van der Waals surface area contributed by atoms with Gasteiger partial charge in [-0.05, 0) is 11.6 Å². The van der Waals surface area contributed by atoms with E-state index in [1.807, 2.05) is 0 Å². The van der Waals surface area contributed by atoms with Crippen LogP contribution < -0.4 is 0 Å². The normalized spacial score (nSPS) is 6.33. The average molecular weight is 169 g/mol. The number of rotatable bonds is 1. The fourth-order valence-corrected chi connectivity index (χ4v) is 0. The summed E-state index contributed by atoms with van der Waals surface area (Å²) in [4.78, 5) is 9.58. The van der Waals surface area contributed by atoms with Gasteiger partial charge in [0.15, 0.2) is 0 Å². The van der Waals surface area contributed by atoms with Crippen LogP contribution in [0.2, 0.25) is 0 Å². The van der Waals surface area contributed by atoms with Crippen molar-refractivity contribution in [3.8, 4) is 0 Å². The Morgan fingerprint density at radius 3 is 2.00 bits per heavy atom. The molecule has 0 aromatic rings. The number of carbonyl (C=O) groups is 1. The van der Waals surface area contributed by atoms with Crippen LogP contribution in [0.5, 0.6) is 0 Å². The van der Waals surface area contributed by atoms with E-state index >= 15 is 0 Å². The third kappa shape index (κ3) is 8.82. The molecule has 0 spiro atoms. The predicted octanol–water partition coefficient (Wildman–Crippen LogP) is -0.290. The summed E-state index contributed by atoms with van der Waals surface area (Å²) >= 11 is 4.82. The van der Waals surface area contributed by atoms with Crippen molar-refractivity contribution in [2.75, 3.05) is 0 Å². The van der Waals surface area contributed by atoms with Crippen molar-refractivity contribution in [2.24, 2.45) is 0 Å². The summed E-state index contributed by atoms with van der Waals surface area (Å²) in [6, 6.07) is 0. The third-order valence-electron chi connectivity index (χ3n) is 0.278. The quantitative estimate of drug-likeness (QED) is 0.389. The zero-order valence-electron chi connectivity index (χ0n) is 2.99. The van der Waals surface area contributed by atoms with E-state index in [1.54, 1.807) is 6.92 Å². The Labute approximate surface area is 53.0 Å². The van der Waals surface area contributed by atoms with Crippen LogP contribution in [0, 0.1) is 0 Å². The number of halogens is 1. The van der Waals surface area contributed by atoms with Crippen LogP contribution in [-0.4, -0.2) is 22.8 Å². The van der Waals surface area contributed by atoms with Crippen LogP contribution >= 0.6 is 11.6 Å². The Hall–Kier alpha value is 0.503. The second-order valence-electron chi connectivity index (χ2n) is 0.709. The Balaban J connectivity index is 0. The van der Waals surface area contributed by atoms with E-state index in [9.17, 15) is 4.79 Å². The van der Waals surface area contributed by atoms with Crippen LogP contribution in [0.25, 0.3) is 0 Å². The van der Waals surface area contributed by atoms with Crippen molar-refractivity contribution < 1.29 is 4.79 Å². The van der Waals surface area contributed by atoms with Gasteiger partial charge in [0.05, 0.1) is 0 Å².